The molecule has 9 heteroatoms. The van der Waals surface area contributed by atoms with Crippen molar-refractivity contribution in [3.05, 3.63) is 112 Å². The predicted octanol–water partition coefficient (Wildman–Crippen LogP) is 3.69. The van der Waals surface area contributed by atoms with Crippen LogP contribution in [0.3, 0.4) is 0 Å². The summed E-state index contributed by atoms with van der Waals surface area (Å²) < 4.78 is 13.4. The molecule has 0 saturated heterocycles. The fraction of sp³-hybridized carbons (Fsp3) is 0.174. The highest BCUT2D eigenvalue weighted by Crippen LogP contribution is 2.16. The molecule has 1 unspecified atom stereocenters. The third-order valence-corrected chi connectivity index (χ3v) is 4.57. The summed E-state index contributed by atoms with van der Waals surface area (Å²) in [6.45, 7) is 1.10. The van der Waals surface area contributed by atoms with Crippen LogP contribution in [0.5, 0.6) is 0 Å². The van der Waals surface area contributed by atoms with E-state index < -0.39 is 16.8 Å². The Bertz CT molecular complexity index is 1050. The average Bonchev–Trinajstić information content (AvgIpc) is 2.78. The van der Waals surface area contributed by atoms with E-state index >= 15 is 0 Å². The van der Waals surface area contributed by atoms with Crippen LogP contribution in [0.1, 0.15) is 17.2 Å². The monoisotopic (exact) mass is 437 g/mol. The van der Waals surface area contributed by atoms with Crippen LogP contribution in [0.25, 0.3) is 0 Å². The van der Waals surface area contributed by atoms with Gasteiger partial charge in [0.1, 0.15) is 5.82 Å². The van der Waals surface area contributed by atoms with Crippen LogP contribution >= 0.6 is 0 Å². The van der Waals surface area contributed by atoms with E-state index in [0.717, 1.165) is 23.7 Å². The standard InChI is InChI=1S/C23H24FN5O3/c24-19-4-1-5-21(13-19)28-23(16-29(31)32)27-20-8-6-17(7-9-20)10-12-26-15-22(30)18-3-2-11-25-14-18/h1-9,11,13-14,16,22,26-28,30H,10,12,15H2/b23-16+. The lowest BCUT2D eigenvalue weighted by molar-refractivity contribution is -0.403. The van der Waals surface area contributed by atoms with Crippen molar-refractivity contribution in [1.29, 1.82) is 0 Å². The zero-order valence-electron chi connectivity index (χ0n) is 17.2. The highest BCUT2D eigenvalue weighted by atomic mass is 19.1. The molecule has 32 heavy (non-hydrogen) atoms. The van der Waals surface area contributed by atoms with E-state index in [0.29, 0.717) is 24.5 Å². The first kappa shape index (κ1) is 22.9. The molecule has 1 aromatic heterocycles. The minimum absolute atomic E-state index is 0.111. The number of anilines is 2. The topological polar surface area (TPSA) is 112 Å². The molecule has 4 N–H and O–H groups in total. The Hall–Kier alpha value is -3.82. The third kappa shape index (κ3) is 7.46. The second-order valence-electron chi connectivity index (χ2n) is 7.04. The van der Waals surface area contributed by atoms with Gasteiger partial charge in [-0.3, -0.25) is 15.1 Å². The maximum Gasteiger partial charge on any atom is 0.274 e. The first-order chi connectivity index (χ1) is 15.5. The second kappa shape index (κ2) is 11.5. The zero-order valence-corrected chi connectivity index (χ0v) is 17.2. The normalized spacial score (nSPS) is 12.2. The van der Waals surface area contributed by atoms with Crippen LogP contribution in [0.4, 0.5) is 15.8 Å². The van der Waals surface area contributed by atoms with Crippen molar-refractivity contribution in [2.75, 3.05) is 23.7 Å². The van der Waals surface area contributed by atoms with E-state index in [2.05, 4.69) is 20.9 Å². The van der Waals surface area contributed by atoms with Crippen molar-refractivity contribution >= 4 is 11.4 Å². The largest absolute Gasteiger partial charge is 0.387 e. The number of aliphatic hydroxyl groups is 1. The molecular weight excluding hydrogens is 413 g/mol. The van der Waals surface area contributed by atoms with Crippen molar-refractivity contribution in [1.82, 2.24) is 10.3 Å². The fourth-order valence-electron chi connectivity index (χ4n) is 3.00. The van der Waals surface area contributed by atoms with Crippen molar-refractivity contribution in [2.45, 2.75) is 12.5 Å². The second-order valence-corrected chi connectivity index (χ2v) is 7.04. The summed E-state index contributed by atoms with van der Waals surface area (Å²) in [4.78, 5) is 14.4. The zero-order chi connectivity index (χ0) is 22.8. The molecule has 0 radical (unpaired) electrons. The number of pyridine rings is 1. The number of benzene rings is 2. The van der Waals surface area contributed by atoms with Crippen LogP contribution in [0, 0.1) is 15.9 Å². The predicted molar refractivity (Wildman–Crippen MR) is 121 cm³/mol. The molecule has 0 bridgehead atoms. The van der Waals surface area contributed by atoms with Crippen molar-refractivity contribution in [3.63, 3.8) is 0 Å². The van der Waals surface area contributed by atoms with Gasteiger partial charge in [-0.05, 0) is 54.9 Å². The molecule has 1 atom stereocenters. The number of rotatable bonds is 11. The van der Waals surface area contributed by atoms with Gasteiger partial charge in [-0.1, -0.05) is 24.3 Å². The minimum Gasteiger partial charge on any atom is -0.387 e. The molecule has 1 heterocycles. The van der Waals surface area contributed by atoms with Crippen molar-refractivity contribution in [3.8, 4) is 0 Å². The molecule has 0 amide bonds. The third-order valence-electron chi connectivity index (χ3n) is 4.57. The van der Waals surface area contributed by atoms with E-state index in [9.17, 15) is 19.6 Å². The minimum atomic E-state index is -0.618. The lowest BCUT2D eigenvalue weighted by Crippen LogP contribution is -2.23. The highest BCUT2D eigenvalue weighted by molar-refractivity contribution is 5.56. The van der Waals surface area contributed by atoms with Gasteiger partial charge in [0.15, 0.2) is 5.82 Å². The van der Waals surface area contributed by atoms with Gasteiger partial charge in [0, 0.05) is 35.9 Å². The van der Waals surface area contributed by atoms with Gasteiger partial charge in [-0.2, -0.15) is 0 Å². The number of hydrogen-bond acceptors (Lipinski definition) is 7. The number of nitrogens with one attached hydrogen (secondary N) is 3. The SMILES string of the molecule is O=[N+]([O-])/C=C(\Nc1ccc(CCNCC(O)c2cccnc2)cc1)Nc1cccc(F)c1. The average molecular weight is 437 g/mol. The first-order valence-corrected chi connectivity index (χ1v) is 10.0. The summed E-state index contributed by atoms with van der Waals surface area (Å²) in [6.07, 6.45) is 4.22. The van der Waals surface area contributed by atoms with Gasteiger partial charge in [-0.15, -0.1) is 0 Å². The van der Waals surface area contributed by atoms with Gasteiger partial charge in [-0.25, -0.2) is 4.39 Å². The van der Waals surface area contributed by atoms with Gasteiger partial charge >= 0.3 is 0 Å². The number of hydrogen-bond donors (Lipinski definition) is 4. The molecule has 2 aromatic carbocycles. The van der Waals surface area contributed by atoms with E-state index in [1.807, 2.05) is 18.2 Å². The lowest BCUT2D eigenvalue weighted by Gasteiger charge is -2.13. The number of aliphatic hydroxyl groups excluding tert-OH is 1. The molecule has 0 fully saturated rings. The summed E-state index contributed by atoms with van der Waals surface area (Å²) in [6, 6.07) is 16.7. The Morgan fingerprint density at radius 2 is 1.91 bits per heavy atom. The molecule has 0 aliphatic rings. The number of halogens is 1. The molecule has 0 aliphatic carbocycles. The summed E-state index contributed by atoms with van der Waals surface area (Å²) in [7, 11) is 0. The van der Waals surface area contributed by atoms with E-state index in [1.54, 1.807) is 36.7 Å². The van der Waals surface area contributed by atoms with Crippen LogP contribution in [0.2, 0.25) is 0 Å². The van der Waals surface area contributed by atoms with Crippen LogP contribution in [-0.4, -0.2) is 28.1 Å². The maximum absolute atomic E-state index is 13.4. The Morgan fingerprint density at radius 1 is 1.12 bits per heavy atom. The number of nitrogens with zero attached hydrogens (tertiary/aromatic N) is 2. The van der Waals surface area contributed by atoms with Crippen LogP contribution < -0.4 is 16.0 Å². The van der Waals surface area contributed by atoms with Gasteiger partial charge < -0.3 is 21.1 Å². The Kier molecular flexibility index (Phi) is 8.24. The van der Waals surface area contributed by atoms with E-state index in [4.69, 9.17) is 0 Å². The van der Waals surface area contributed by atoms with Crippen LogP contribution in [0.15, 0.2) is 85.1 Å². The van der Waals surface area contributed by atoms with Crippen molar-refractivity contribution in [2.24, 2.45) is 0 Å². The highest BCUT2D eigenvalue weighted by Gasteiger charge is 2.07. The molecule has 3 rings (SSSR count). The molecule has 0 spiro atoms. The van der Waals surface area contributed by atoms with Gasteiger partial charge in [0.2, 0.25) is 0 Å². The smallest absolute Gasteiger partial charge is 0.274 e. The fourth-order valence-corrected chi connectivity index (χ4v) is 3.00. The van der Waals surface area contributed by atoms with Crippen molar-refractivity contribution < 1.29 is 14.4 Å². The van der Waals surface area contributed by atoms with E-state index in [1.165, 1.54) is 18.2 Å². The Morgan fingerprint density at radius 3 is 2.59 bits per heavy atom. The molecule has 8 nitrogen and oxygen atoms in total. The number of nitro groups is 1. The Labute approximate surface area is 185 Å². The molecule has 3 aromatic rings. The lowest BCUT2D eigenvalue weighted by atomic mass is 10.1. The maximum atomic E-state index is 13.4. The van der Waals surface area contributed by atoms with Gasteiger partial charge in [0.25, 0.3) is 6.20 Å². The summed E-state index contributed by atoms with van der Waals surface area (Å²) in [5, 5.41) is 30.0. The summed E-state index contributed by atoms with van der Waals surface area (Å²) >= 11 is 0. The van der Waals surface area contributed by atoms with Crippen LogP contribution in [-0.2, 0) is 6.42 Å². The summed E-state index contributed by atoms with van der Waals surface area (Å²) in [5.41, 5.74) is 2.87. The van der Waals surface area contributed by atoms with E-state index in [-0.39, 0.29) is 5.82 Å². The van der Waals surface area contributed by atoms with Gasteiger partial charge in [0.05, 0.1) is 11.0 Å². The molecule has 0 aliphatic heterocycles. The molecular formula is C23H24FN5O3. The Balaban J connectivity index is 1.50. The number of aromatic nitrogens is 1. The molecule has 166 valence electrons. The first-order valence-electron chi connectivity index (χ1n) is 10.0. The molecule has 0 saturated carbocycles. The quantitative estimate of drug-likeness (QED) is 0.206. The summed E-state index contributed by atoms with van der Waals surface area (Å²) in [5.74, 6) is -0.333.